The normalized spacial score (nSPS) is 22.9. The highest BCUT2D eigenvalue weighted by Gasteiger charge is 2.52. The number of amides is 2. The molecule has 0 spiro atoms. The van der Waals surface area contributed by atoms with Crippen LogP contribution in [0.4, 0.5) is 13.2 Å². The smallest absolute Gasteiger partial charge is 0.406 e. The number of alkyl halides is 3. The summed E-state index contributed by atoms with van der Waals surface area (Å²) in [5, 5.41) is 32.5. The molecule has 200 valence electrons. The summed E-state index contributed by atoms with van der Waals surface area (Å²) >= 11 is 0. The van der Waals surface area contributed by atoms with E-state index >= 15 is 0 Å². The largest absolute Gasteiger partial charge is 0.493 e. The monoisotopic (exact) mass is 516 g/mol. The first-order chi connectivity index (χ1) is 16.9. The van der Waals surface area contributed by atoms with Crippen LogP contribution in [-0.2, 0) is 16.2 Å². The molecule has 2 amide bonds. The summed E-state index contributed by atoms with van der Waals surface area (Å²) < 4.78 is 51.8. The molecule has 3 rings (SSSR count). The lowest BCUT2D eigenvalue weighted by Gasteiger charge is -2.41. The SMILES string of the molecule is COc1cc(CO)cc2c1OC1C2C(C(=O)NCCO)=CC(N(CC(F)(F)F)C(=O)CC(C)C)C1O. The maximum Gasteiger partial charge on any atom is 0.406 e. The Kier molecular flexibility index (Phi) is 8.52. The molecule has 9 nitrogen and oxygen atoms in total. The second-order valence-corrected chi connectivity index (χ2v) is 9.25. The number of carbonyl (C=O) groups is 2. The highest BCUT2D eigenvalue weighted by atomic mass is 19.4. The minimum atomic E-state index is -4.75. The number of rotatable bonds is 9. The van der Waals surface area contributed by atoms with Crippen molar-refractivity contribution in [2.45, 2.75) is 57.2 Å². The molecule has 0 radical (unpaired) electrons. The summed E-state index contributed by atoms with van der Waals surface area (Å²) in [4.78, 5) is 26.5. The molecular formula is C24H31F3N2O7. The number of aliphatic hydroxyl groups is 3. The van der Waals surface area contributed by atoms with Crippen molar-refractivity contribution < 1.29 is 47.6 Å². The second kappa shape index (κ2) is 11.1. The molecule has 4 N–H and O–H groups in total. The molecule has 0 fully saturated rings. The van der Waals surface area contributed by atoms with E-state index in [4.69, 9.17) is 14.6 Å². The number of halogens is 3. The highest BCUT2D eigenvalue weighted by Crippen LogP contribution is 2.51. The Labute approximate surface area is 206 Å². The minimum absolute atomic E-state index is 0.0239. The molecule has 2 aliphatic rings. The van der Waals surface area contributed by atoms with E-state index in [9.17, 15) is 33.0 Å². The summed E-state index contributed by atoms with van der Waals surface area (Å²) in [6, 6.07) is 1.57. The molecule has 4 atom stereocenters. The van der Waals surface area contributed by atoms with Crippen LogP contribution in [0, 0.1) is 5.92 Å². The first-order valence-electron chi connectivity index (χ1n) is 11.5. The lowest BCUT2D eigenvalue weighted by molar-refractivity contribution is -0.170. The third-order valence-corrected chi connectivity index (χ3v) is 6.11. The van der Waals surface area contributed by atoms with Gasteiger partial charge in [-0.25, -0.2) is 0 Å². The van der Waals surface area contributed by atoms with Crippen molar-refractivity contribution in [3.63, 3.8) is 0 Å². The number of carbonyl (C=O) groups excluding carboxylic acids is 2. The molecule has 1 aromatic rings. The zero-order chi connectivity index (χ0) is 26.8. The summed E-state index contributed by atoms with van der Waals surface area (Å²) in [6.45, 7) is 0.898. The molecule has 0 bridgehead atoms. The molecule has 1 aliphatic carbocycles. The van der Waals surface area contributed by atoms with Crippen LogP contribution in [0.3, 0.4) is 0 Å². The predicted molar refractivity (Wildman–Crippen MR) is 121 cm³/mol. The summed E-state index contributed by atoms with van der Waals surface area (Å²) in [5.74, 6) is -2.28. The Morgan fingerprint density at radius 1 is 1.25 bits per heavy atom. The van der Waals surface area contributed by atoms with Gasteiger partial charge in [0.25, 0.3) is 0 Å². The number of aliphatic hydroxyl groups excluding tert-OH is 3. The average molecular weight is 517 g/mol. The number of nitrogens with one attached hydrogen (secondary N) is 1. The highest BCUT2D eigenvalue weighted by molar-refractivity contribution is 5.96. The number of hydrogen-bond acceptors (Lipinski definition) is 7. The van der Waals surface area contributed by atoms with E-state index in [0.29, 0.717) is 16.0 Å². The van der Waals surface area contributed by atoms with Crippen LogP contribution in [0.25, 0.3) is 0 Å². The van der Waals surface area contributed by atoms with Gasteiger partial charge in [-0.1, -0.05) is 13.8 Å². The number of fused-ring (bicyclic) bond motifs is 3. The van der Waals surface area contributed by atoms with Crippen LogP contribution >= 0.6 is 0 Å². The number of methoxy groups -OCH3 is 1. The zero-order valence-corrected chi connectivity index (χ0v) is 20.2. The maximum atomic E-state index is 13.5. The third-order valence-electron chi connectivity index (χ3n) is 6.11. The van der Waals surface area contributed by atoms with E-state index in [1.165, 1.54) is 19.3 Å². The average Bonchev–Trinajstić information content (AvgIpc) is 3.20. The topological polar surface area (TPSA) is 129 Å². The fourth-order valence-corrected chi connectivity index (χ4v) is 4.64. The Hall–Kier alpha value is -2.83. The minimum Gasteiger partial charge on any atom is -0.493 e. The summed E-state index contributed by atoms with van der Waals surface area (Å²) in [6.07, 6.45) is -6.61. The van der Waals surface area contributed by atoms with Crippen molar-refractivity contribution in [3.05, 3.63) is 34.9 Å². The van der Waals surface area contributed by atoms with Crippen molar-refractivity contribution in [1.29, 1.82) is 0 Å². The molecule has 36 heavy (non-hydrogen) atoms. The van der Waals surface area contributed by atoms with Crippen LogP contribution < -0.4 is 14.8 Å². The third kappa shape index (κ3) is 5.76. The molecule has 1 heterocycles. The molecule has 12 heteroatoms. The summed E-state index contributed by atoms with van der Waals surface area (Å²) in [7, 11) is 1.36. The lowest BCUT2D eigenvalue weighted by Crippen LogP contribution is -2.57. The first kappa shape index (κ1) is 27.8. The Morgan fingerprint density at radius 3 is 2.50 bits per heavy atom. The predicted octanol–water partition coefficient (Wildman–Crippen LogP) is 1.25. The van der Waals surface area contributed by atoms with Crippen LogP contribution in [0.15, 0.2) is 23.8 Å². The van der Waals surface area contributed by atoms with Crippen molar-refractivity contribution in [3.8, 4) is 11.5 Å². The number of ether oxygens (including phenoxy) is 2. The van der Waals surface area contributed by atoms with Crippen molar-refractivity contribution >= 4 is 11.8 Å². The van der Waals surface area contributed by atoms with Gasteiger partial charge in [-0.05, 0) is 29.7 Å². The first-order valence-corrected chi connectivity index (χ1v) is 11.5. The fourth-order valence-electron chi connectivity index (χ4n) is 4.64. The standard InChI is InChI=1S/C24H31F3N2O7/c1-12(2)6-18(32)29(11-24(25,26)27)16-9-15(23(34)28-4-5-30)19-14-7-13(10-31)8-17(35-3)21(14)36-22(19)20(16)33/h7-9,12,16,19-20,22,30-31,33H,4-6,10-11H2,1-3H3,(H,28,34). The number of nitrogens with zero attached hydrogens (tertiary/aromatic N) is 1. The summed E-state index contributed by atoms with van der Waals surface area (Å²) in [5.41, 5.74) is 0.818. The van der Waals surface area contributed by atoms with Gasteiger partial charge >= 0.3 is 6.18 Å². The van der Waals surface area contributed by atoms with Gasteiger partial charge in [0.1, 0.15) is 18.8 Å². The Morgan fingerprint density at radius 2 is 1.94 bits per heavy atom. The lowest BCUT2D eigenvalue weighted by atomic mass is 9.77. The molecule has 0 aromatic heterocycles. The number of benzene rings is 1. The van der Waals surface area contributed by atoms with Gasteiger partial charge in [0.15, 0.2) is 11.5 Å². The van der Waals surface area contributed by atoms with Gasteiger partial charge in [0, 0.05) is 24.1 Å². The van der Waals surface area contributed by atoms with Gasteiger partial charge < -0.3 is 35.0 Å². The molecule has 4 unspecified atom stereocenters. The van der Waals surface area contributed by atoms with Gasteiger partial charge in [-0.15, -0.1) is 0 Å². The van der Waals surface area contributed by atoms with E-state index in [2.05, 4.69) is 5.32 Å². The van der Waals surface area contributed by atoms with Crippen LogP contribution in [-0.4, -0.2) is 83.3 Å². The van der Waals surface area contributed by atoms with Crippen molar-refractivity contribution in [1.82, 2.24) is 10.2 Å². The zero-order valence-electron chi connectivity index (χ0n) is 20.2. The van der Waals surface area contributed by atoms with E-state index in [1.54, 1.807) is 19.9 Å². The molecule has 0 saturated carbocycles. The van der Waals surface area contributed by atoms with E-state index in [1.807, 2.05) is 0 Å². The quantitative estimate of drug-likeness (QED) is 0.389. The van der Waals surface area contributed by atoms with E-state index < -0.39 is 48.7 Å². The Balaban J connectivity index is 2.14. The molecule has 0 saturated heterocycles. The maximum absolute atomic E-state index is 13.5. The number of hydrogen-bond donors (Lipinski definition) is 4. The fraction of sp³-hybridized carbons (Fsp3) is 0.583. The van der Waals surface area contributed by atoms with Crippen molar-refractivity contribution in [2.24, 2.45) is 5.92 Å². The second-order valence-electron chi connectivity index (χ2n) is 9.25. The van der Waals surface area contributed by atoms with E-state index in [-0.39, 0.29) is 49.2 Å². The molecule has 1 aromatic carbocycles. The van der Waals surface area contributed by atoms with Gasteiger partial charge in [0.05, 0.1) is 32.3 Å². The van der Waals surface area contributed by atoms with Crippen LogP contribution in [0.2, 0.25) is 0 Å². The van der Waals surface area contributed by atoms with E-state index in [0.717, 1.165) is 0 Å². The van der Waals surface area contributed by atoms with Gasteiger partial charge in [-0.2, -0.15) is 13.2 Å². The van der Waals surface area contributed by atoms with Crippen molar-refractivity contribution in [2.75, 3.05) is 26.8 Å². The van der Waals surface area contributed by atoms with Crippen LogP contribution in [0.1, 0.15) is 37.3 Å². The van der Waals surface area contributed by atoms with Gasteiger partial charge in [-0.3, -0.25) is 9.59 Å². The molecular weight excluding hydrogens is 485 g/mol. The van der Waals surface area contributed by atoms with Crippen LogP contribution in [0.5, 0.6) is 11.5 Å². The van der Waals surface area contributed by atoms with Gasteiger partial charge in [0.2, 0.25) is 11.8 Å². The Bertz CT molecular complexity index is 1010. The molecule has 1 aliphatic heterocycles.